The standard InChI is InChI=1S/C21H19NO3/c1-2-24-21(23)14-9-17-25-22-20(19-12-7-4-8-13-19)16-15-18-10-5-3-6-11-18/h3-14H,2,17H2,1H3/b14-9+,22-20+. The first-order chi connectivity index (χ1) is 12.3. The number of oxime groups is 1. The quantitative estimate of drug-likeness (QED) is 0.203. The van der Waals surface area contributed by atoms with E-state index in [-0.39, 0.29) is 6.61 Å². The molecule has 0 bridgehead atoms. The summed E-state index contributed by atoms with van der Waals surface area (Å²) < 4.78 is 4.79. The highest BCUT2D eigenvalue weighted by Gasteiger charge is 2.00. The summed E-state index contributed by atoms with van der Waals surface area (Å²) >= 11 is 0. The first-order valence-electron chi connectivity index (χ1n) is 7.95. The molecule has 25 heavy (non-hydrogen) atoms. The van der Waals surface area contributed by atoms with Gasteiger partial charge in [0.05, 0.1) is 6.61 Å². The Bertz CT molecular complexity index is 784. The van der Waals surface area contributed by atoms with E-state index in [1.54, 1.807) is 13.0 Å². The maximum Gasteiger partial charge on any atom is 0.330 e. The number of carbonyl (C=O) groups is 1. The van der Waals surface area contributed by atoms with Crippen molar-refractivity contribution in [3.8, 4) is 11.8 Å². The van der Waals surface area contributed by atoms with Gasteiger partial charge in [0.2, 0.25) is 0 Å². The van der Waals surface area contributed by atoms with Gasteiger partial charge in [-0.15, -0.1) is 0 Å². The van der Waals surface area contributed by atoms with E-state index in [0.717, 1.165) is 11.1 Å². The predicted octanol–water partition coefficient (Wildman–Crippen LogP) is 3.58. The van der Waals surface area contributed by atoms with E-state index >= 15 is 0 Å². The highest BCUT2D eigenvalue weighted by atomic mass is 16.6. The Labute approximate surface area is 147 Å². The molecule has 2 aromatic carbocycles. The number of hydrogen-bond acceptors (Lipinski definition) is 4. The summed E-state index contributed by atoms with van der Waals surface area (Å²) in [7, 11) is 0. The van der Waals surface area contributed by atoms with E-state index in [1.165, 1.54) is 6.08 Å². The summed E-state index contributed by atoms with van der Waals surface area (Å²) in [6, 6.07) is 19.2. The van der Waals surface area contributed by atoms with Gasteiger partial charge in [-0.1, -0.05) is 59.6 Å². The van der Waals surface area contributed by atoms with Crippen LogP contribution in [0.25, 0.3) is 0 Å². The summed E-state index contributed by atoms with van der Waals surface area (Å²) in [5.41, 5.74) is 2.28. The SMILES string of the molecule is CCOC(=O)/C=C/CO/N=C(\C#Cc1ccccc1)c1ccccc1. The number of nitrogens with zero attached hydrogens (tertiary/aromatic N) is 1. The summed E-state index contributed by atoms with van der Waals surface area (Å²) in [6.45, 7) is 2.25. The molecule has 4 heteroatoms. The molecular weight excluding hydrogens is 314 g/mol. The zero-order valence-corrected chi connectivity index (χ0v) is 14.0. The van der Waals surface area contributed by atoms with Crippen LogP contribution in [0.15, 0.2) is 78.0 Å². The topological polar surface area (TPSA) is 47.9 Å². The van der Waals surface area contributed by atoms with Crippen LogP contribution in [0, 0.1) is 11.8 Å². The van der Waals surface area contributed by atoms with Crippen molar-refractivity contribution >= 4 is 11.7 Å². The molecule has 0 aliphatic heterocycles. The van der Waals surface area contributed by atoms with E-state index in [9.17, 15) is 4.79 Å². The van der Waals surface area contributed by atoms with Crippen molar-refractivity contribution < 1.29 is 14.4 Å². The van der Waals surface area contributed by atoms with Gasteiger partial charge in [0.25, 0.3) is 0 Å². The number of carbonyl (C=O) groups excluding carboxylic acids is 1. The van der Waals surface area contributed by atoms with Gasteiger partial charge in [0.1, 0.15) is 6.61 Å². The molecule has 4 nitrogen and oxygen atoms in total. The van der Waals surface area contributed by atoms with Gasteiger partial charge < -0.3 is 9.57 Å². The van der Waals surface area contributed by atoms with Gasteiger partial charge in [0, 0.05) is 17.2 Å². The maximum absolute atomic E-state index is 11.2. The molecule has 2 rings (SSSR count). The van der Waals surface area contributed by atoms with Crippen molar-refractivity contribution in [1.29, 1.82) is 0 Å². The molecule has 0 aliphatic carbocycles. The fraction of sp³-hybridized carbons (Fsp3) is 0.143. The van der Waals surface area contributed by atoms with Gasteiger partial charge in [-0.3, -0.25) is 0 Å². The minimum atomic E-state index is -0.401. The molecule has 126 valence electrons. The second-order valence-electron chi connectivity index (χ2n) is 4.87. The Kier molecular flexibility index (Phi) is 7.54. The molecule has 0 saturated carbocycles. The molecule has 0 saturated heterocycles. The van der Waals surface area contributed by atoms with Crippen LogP contribution in [-0.2, 0) is 14.4 Å². The van der Waals surface area contributed by atoms with Crippen molar-refractivity contribution in [2.24, 2.45) is 5.16 Å². The van der Waals surface area contributed by atoms with Crippen LogP contribution in [0.2, 0.25) is 0 Å². The summed E-state index contributed by atoms with van der Waals surface area (Å²) in [5.74, 6) is 5.70. The van der Waals surface area contributed by atoms with Crippen molar-refractivity contribution in [1.82, 2.24) is 0 Å². The molecule has 0 aromatic heterocycles. The third-order valence-electron chi connectivity index (χ3n) is 3.01. The molecule has 0 heterocycles. The lowest BCUT2D eigenvalue weighted by atomic mass is 10.1. The molecule has 0 spiro atoms. The molecule has 0 radical (unpaired) electrons. The van der Waals surface area contributed by atoms with E-state index in [0.29, 0.717) is 12.3 Å². The molecule has 0 fully saturated rings. The van der Waals surface area contributed by atoms with Crippen LogP contribution in [0.4, 0.5) is 0 Å². The molecular formula is C21H19NO3. The van der Waals surface area contributed by atoms with E-state index in [2.05, 4.69) is 17.0 Å². The lowest BCUT2D eigenvalue weighted by Gasteiger charge is -2.00. The average molecular weight is 333 g/mol. The third kappa shape index (κ3) is 6.76. The molecule has 0 amide bonds. The number of rotatable bonds is 6. The minimum absolute atomic E-state index is 0.155. The molecule has 0 atom stereocenters. The van der Waals surface area contributed by atoms with Gasteiger partial charge in [-0.2, -0.15) is 0 Å². The normalized spacial score (nSPS) is 10.8. The summed E-state index contributed by atoms with van der Waals surface area (Å²) in [5, 5.41) is 4.09. The lowest BCUT2D eigenvalue weighted by Crippen LogP contribution is -2.01. The number of hydrogen-bond donors (Lipinski definition) is 0. The first kappa shape index (κ1) is 18.0. The van der Waals surface area contributed by atoms with Crippen LogP contribution in [0.3, 0.4) is 0 Å². The van der Waals surface area contributed by atoms with Gasteiger partial charge in [-0.05, 0) is 31.1 Å². The number of esters is 1. The predicted molar refractivity (Wildman–Crippen MR) is 98.0 cm³/mol. The van der Waals surface area contributed by atoms with Gasteiger partial charge in [-0.25, -0.2) is 4.79 Å². The zero-order valence-electron chi connectivity index (χ0n) is 14.0. The highest BCUT2D eigenvalue weighted by molar-refractivity contribution is 6.12. The van der Waals surface area contributed by atoms with Crippen molar-refractivity contribution in [3.63, 3.8) is 0 Å². The van der Waals surface area contributed by atoms with Crippen molar-refractivity contribution in [3.05, 3.63) is 83.9 Å². The van der Waals surface area contributed by atoms with E-state index < -0.39 is 5.97 Å². The van der Waals surface area contributed by atoms with Crippen LogP contribution in [-0.4, -0.2) is 24.9 Å². The smallest absolute Gasteiger partial charge is 0.330 e. The minimum Gasteiger partial charge on any atom is -0.463 e. The Balaban J connectivity index is 2.08. The fourth-order valence-corrected chi connectivity index (χ4v) is 1.88. The molecule has 0 aliphatic rings. The van der Waals surface area contributed by atoms with Gasteiger partial charge >= 0.3 is 5.97 Å². The average Bonchev–Trinajstić information content (AvgIpc) is 2.65. The number of benzene rings is 2. The van der Waals surface area contributed by atoms with Crippen LogP contribution < -0.4 is 0 Å². The first-order valence-corrected chi connectivity index (χ1v) is 7.95. The fourth-order valence-electron chi connectivity index (χ4n) is 1.88. The molecule has 2 aromatic rings. The highest BCUT2D eigenvalue weighted by Crippen LogP contribution is 2.03. The van der Waals surface area contributed by atoms with Crippen LogP contribution in [0.5, 0.6) is 0 Å². The van der Waals surface area contributed by atoms with E-state index in [1.807, 2.05) is 60.7 Å². The second kappa shape index (κ2) is 10.5. The number of ether oxygens (including phenoxy) is 1. The van der Waals surface area contributed by atoms with Gasteiger partial charge in [0.15, 0.2) is 5.71 Å². The molecule has 0 unspecified atom stereocenters. The second-order valence-corrected chi connectivity index (χ2v) is 4.87. The van der Waals surface area contributed by atoms with Crippen LogP contribution >= 0.6 is 0 Å². The zero-order chi connectivity index (χ0) is 17.7. The maximum atomic E-state index is 11.2. The van der Waals surface area contributed by atoms with Crippen molar-refractivity contribution in [2.45, 2.75) is 6.92 Å². The third-order valence-corrected chi connectivity index (χ3v) is 3.01. The Morgan fingerprint density at radius 3 is 2.44 bits per heavy atom. The molecule has 0 N–H and O–H groups in total. The Morgan fingerprint density at radius 1 is 1.08 bits per heavy atom. The Morgan fingerprint density at radius 2 is 1.76 bits per heavy atom. The van der Waals surface area contributed by atoms with E-state index in [4.69, 9.17) is 9.57 Å². The Hall–Kier alpha value is -3.32. The summed E-state index contributed by atoms with van der Waals surface area (Å²) in [4.78, 5) is 16.5. The summed E-state index contributed by atoms with van der Waals surface area (Å²) in [6.07, 6.45) is 2.87. The largest absolute Gasteiger partial charge is 0.463 e. The van der Waals surface area contributed by atoms with Crippen LogP contribution in [0.1, 0.15) is 18.1 Å². The lowest BCUT2D eigenvalue weighted by molar-refractivity contribution is -0.137. The monoisotopic (exact) mass is 333 g/mol. The van der Waals surface area contributed by atoms with Crippen molar-refractivity contribution in [2.75, 3.05) is 13.2 Å².